The van der Waals surface area contributed by atoms with Crippen LogP contribution in [0.5, 0.6) is 5.75 Å². The van der Waals surface area contributed by atoms with Crippen LogP contribution in [0.1, 0.15) is 38.2 Å². The van der Waals surface area contributed by atoms with Gasteiger partial charge in [-0.15, -0.1) is 0 Å². The minimum Gasteiger partial charge on any atom is -0.492 e. The van der Waals surface area contributed by atoms with Crippen LogP contribution in [-0.4, -0.2) is 30.5 Å². The molecular weight excluding hydrogens is 264 g/mol. The molecule has 1 amide bonds. The predicted molar refractivity (Wildman–Crippen MR) is 80.9 cm³/mol. The number of ether oxygens (including phenoxy) is 1. The van der Waals surface area contributed by atoms with E-state index in [0.29, 0.717) is 30.3 Å². The van der Waals surface area contributed by atoms with E-state index in [1.54, 1.807) is 12.1 Å². The van der Waals surface area contributed by atoms with Crippen LogP contribution in [0.4, 0.5) is 0 Å². The summed E-state index contributed by atoms with van der Waals surface area (Å²) >= 11 is 0. The molecule has 1 fully saturated rings. The van der Waals surface area contributed by atoms with E-state index in [9.17, 15) is 4.79 Å². The van der Waals surface area contributed by atoms with Crippen molar-refractivity contribution in [2.45, 2.75) is 32.6 Å². The smallest absolute Gasteiger partial charge is 0.222 e. The summed E-state index contributed by atoms with van der Waals surface area (Å²) in [6.07, 6.45) is 3.55. The Balaban J connectivity index is 1.77. The Morgan fingerprint density at radius 3 is 3.00 bits per heavy atom. The molecule has 0 bridgehead atoms. The summed E-state index contributed by atoms with van der Waals surface area (Å²) < 4.78 is 5.65. The van der Waals surface area contributed by atoms with Gasteiger partial charge in [0, 0.05) is 19.5 Å². The maximum atomic E-state index is 12.0. The Morgan fingerprint density at radius 1 is 1.38 bits per heavy atom. The minimum atomic E-state index is 0.261. The van der Waals surface area contributed by atoms with E-state index < -0.39 is 0 Å². The standard InChI is InChI=1S/C17H22N2O2/c1-14-7-8-17(20)19(11-9-14)10-4-12-21-16-6-3-2-5-15(16)13-18/h2-3,5-6,14H,4,7-12H2,1H3. The van der Waals surface area contributed by atoms with Gasteiger partial charge in [0.05, 0.1) is 12.2 Å². The van der Waals surface area contributed by atoms with Crippen molar-refractivity contribution < 1.29 is 9.53 Å². The molecule has 1 aromatic rings. The summed E-state index contributed by atoms with van der Waals surface area (Å²) in [4.78, 5) is 13.9. The molecule has 0 radical (unpaired) electrons. The summed E-state index contributed by atoms with van der Waals surface area (Å²) in [5.74, 6) is 1.52. The van der Waals surface area contributed by atoms with E-state index in [0.717, 1.165) is 32.4 Å². The van der Waals surface area contributed by atoms with Crippen LogP contribution in [0.25, 0.3) is 0 Å². The third kappa shape index (κ3) is 4.49. The summed E-state index contributed by atoms with van der Waals surface area (Å²) in [7, 11) is 0. The molecule has 21 heavy (non-hydrogen) atoms. The van der Waals surface area contributed by atoms with Crippen LogP contribution >= 0.6 is 0 Å². The SMILES string of the molecule is CC1CCC(=O)N(CCCOc2ccccc2C#N)CC1. The highest BCUT2D eigenvalue weighted by Gasteiger charge is 2.19. The maximum Gasteiger partial charge on any atom is 0.222 e. The molecule has 1 unspecified atom stereocenters. The van der Waals surface area contributed by atoms with Gasteiger partial charge in [-0.2, -0.15) is 5.26 Å². The van der Waals surface area contributed by atoms with E-state index in [1.807, 2.05) is 17.0 Å². The predicted octanol–water partition coefficient (Wildman–Crippen LogP) is 2.98. The highest BCUT2D eigenvalue weighted by molar-refractivity contribution is 5.76. The molecule has 4 heteroatoms. The van der Waals surface area contributed by atoms with Gasteiger partial charge in [0.2, 0.25) is 5.91 Å². The van der Waals surface area contributed by atoms with Crippen LogP contribution in [0, 0.1) is 17.2 Å². The fraction of sp³-hybridized carbons (Fsp3) is 0.529. The Hall–Kier alpha value is -2.02. The van der Waals surface area contributed by atoms with Crippen LogP contribution in [0.3, 0.4) is 0 Å². The average Bonchev–Trinajstić information content (AvgIpc) is 2.67. The number of benzene rings is 1. The molecule has 0 saturated carbocycles. The maximum absolute atomic E-state index is 12.0. The topological polar surface area (TPSA) is 53.3 Å². The zero-order valence-corrected chi connectivity index (χ0v) is 12.5. The van der Waals surface area contributed by atoms with Crippen molar-refractivity contribution in [3.05, 3.63) is 29.8 Å². The highest BCUT2D eigenvalue weighted by atomic mass is 16.5. The van der Waals surface area contributed by atoms with E-state index in [1.165, 1.54) is 0 Å². The number of carbonyl (C=O) groups is 1. The first kappa shape index (κ1) is 15.4. The molecule has 1 heterocycles. The van der Waals surface area contributed by atoms with Crippen molar-refractivity contribution >= 4 is 5.91 Å². The molecule has 1 aliphatic rings. The van der Waals surface area contributed by atoms with Crippen LogP contribution in [0.2, 0.25) is 0 Å². The van der Waals surface area contributed by atoms with Gasteiger partial charge in [-0.05, 0) is 37.3 Å². The molecule has 4 nitrogen and oxygen atoms in total. The second-order valence-electron chi connectivity index (χ2n) is 5.62. The summed E-state index contributed by atoms with van der Waals surface area (Å²) in [5, 5.41) is 8.99. The van der Waals surface area contributed by atoms with E-state index in [4.69, 9.17) is 10.00 Å². The van der Waals surface area contributed by atoms with Gasteiger partial charge in [-0.3, -0.25) is 4.79 Å². The van der Waals surface area contributed by atoms with Gasteiger partial charge in [0.25, 0.3) is 0 Å². The van der Waals surface area contributed by atoms with Gasteiger partial charge in [-0.25, -0.2) is 0 Å². The fourth-order valence-electron chi connectivity index (χ4n) is 2.53. The fourth-order valence-corrected chi connectivity index (χ4v) is 2.53. The molecule has 0 aliphatic carbocycles. The zero-order valence-electron chi connectivity index (χ0n) is 12.5. The molecule has 0 aromatic heterocycles. The first-order valence-electron chi connectivity index (χ1n) is 7.60. The minimum absolute atomic E-state index is 0.261. The molecule has 0 N–H and O–H groups in total. The quantitative estimate of drug-likeness (QED) is 0.782. The Labute approximate surface area is 126 Å². The summed E-state index contributed by atoms with van der Waals surface area (Å²) in [5.41, 5.74) is 0.553. The lowest BCUT2D eigenvalue weighted by atomic mass is 10.0. The number of likely N-dealkylation sites (tertiary alicyclic amines) is 1. The van der Waals surface area contributed by atoms with E-state index in [-0.39, 0.29) is 5.91 Å². The van der Waals surface area contributed by atoms with Crippen molar-refractivity contribution in [1.82, 2.24) is 4.90 Å². The number of carbonyl (C=O) groups excluding carboxylic acids is 1. The normalized spacial score (nSPS) is 19.0. The van der Waals surface area contributed by atoms with Crippen LogP contribution < -0.4 is 4.74 Å². The third-order valence-corrected chi connectivity index (χ3v) is 3.93. The second-order valence-corrected chi connectivity index (χ2v) is 5.62. The van der Waals surface area contributed by atoms with Gasteiger partial charge in [0.15, 0.2) is 0 Å². The number of para-hydroxylation sites is 1. The molecule has 2 rings (SSSR count). The molecule has 0 spiro atoms. The number of hydrogen-bond acceptors (Lipinski definition) is 3. The van der Waals surface area contributed by atoms with E-state index >= 15 is 0 Å². The number of hydrogen-bond donors (Lipinski definition) is 0. The number of amides is 1. The average molecular weight is 286 g/mol. The van der Waals surface area contributed by atoms with Crippen molar-refractivity contribution in [3.63, 3.8) is 0 Å². The molecule has 1 aromatic carbocycles. The lowest BCUT2D eigenvalue weighted by Gasteiger charge is -2.20. The second kappa shape index (κ2) is 7.68. The third-order valence-electron chi connectivity index (χ3n) is 3.93. The summed E-state index contributed by atoms with van der Waals surface area (Å²) in [6, 6.07) is 9.34. The van der Waals surface area contributed by atoms with Crippen LogP contribution in [-0.2, 0) is 4.79 Å². The van der Waals surface area contributed by atoms with E-state index in [2.05, 4.69) is 13.0 Å². The van der Waals surface area contributed by atoms with Gasteiger partial charge in [0.1, 0.15) is 11.8 Å². The molecular formula is C17H22N2O2. The monoisotopic (exact) mass is 286 g/mol. The van der Waals surface area contributed by atoms with Crippen molar-refractivity contribution in [2.75, 3.05) is 19.7 Å². The summed E-state index contributed by atoms with van der Waals surface area (Å²) in [6.45, 7) is 4.33. The highest BCUT2D eigenvalue weighted by Crippen LogP contribution is 2.19. The number of nitriles is 1. The van der Waals surface area contributed by atoms with Crippen molar-refractivity contribution in [2.24, 2.45) is 5.92 Å². The first-order valence-corrected chi connectivity index (χ1v) is 7.60. The van der Waals surface area contributed by atoms with Gasteiger partial charge < -0.3 is 9.64 Å². The first-order chi connectivity index (χ1) is 10.2. The Bertz CT molecular complexity index is 522. The van der Waals surface area contributed by atoms with Crippen molar-refractivity contribution in [3.8, 4) is 11.8 Å². The van der Waals surface area contributed by atoms with Crippen molar-refractivity contribution in [1.29, 1.82) is 5.26 Å². The molecule has 1 atom stereocenters. The largest absolute Gasteiger partial charge is 0.492 e. The van der Waals surface area contributed by atoms with Gasteiger partial charge >= 0.3 is 0 Å². The zero-order chi connectivity index (χ0) is 15.1. The lowest BCUT2D eigenvalue weighted by molar-refractivity contribution is -0.130. The number of rotatable bonds is 5. The van der Waals surface area contributed by atoms with Gasteiger partial charge in [-0.1, -0.05) is 19.1 Å². The molecule has 112 valence electrons. The lowest BCUT2D eigenvalue weighted by Crippen LogP contribution is -2.32. The molecule has 1 aliphatic heterocycles. The Kier molecular flexibility index (Phi) is 5.62. The van der Waals surface area contributed by atoms with Crippen LogP contribution in [0.15, 0.2) is 24.3 Å². The number of nitrogens with zero attached hydrogens (tertiary/aromatic N) is 2. The Morgan fingerprint density at radius 2 is 2.19 bits per heavy atom. The molecule has 1 saturated heterocycles.